The highest BCUT2D eigenvalue weighted by molar-refractivity contribution is 9.10. The standard InChI is InChI=1S/C21H16BrCl2F3N4O/c22-13-5-3-12(4-6-13)15-9-16(21(25,26)27)31-19(29-15)17(24)18(30-31)20(32)28-10-11-1-7-14(23)8-2-11/h1-8,15-16,29H,9-10H2,(H,28,32)/t15-,16+/m1/s1. The van der Waals surface area contributed by atoms with E-state index in [2.05, 4.69) is 31.7 Å². The third kappa shape index (κ3) is 4.74. The number of hydrogen-bond donors (Lipinski definition) is 2. The van der Waals surface area contributed by atoms with Crippen molar-refractivity contribution >= 4 is 50.9 Å². The number of aromatic nitrogens is 2. The number of alkyl halides is 3. The topological polar surface area (TPSA) is 59.0 Å². The van der Waals surface area contributed by atoms with Gasteiger partial charge in [-0.15, -0.1) is 0 Å². The molecule has 2 atom stereocenters. The van der Waals surface area contributed by atoms with Gasteiger partial charge in [0.25, 0.3) is 5.91 Å². The molecule has 0 bridgehead atoms. The lowest BCUT2D eigenvalue weighted by molar-refractivity contribution is -0.173. The second-order valence-corrected chi connectivity index (χ2v) is 9.04. The lowest BCUT2D eigenvalue weighted by atomic mass is 9.97. The molecule has 2 aromatic carbocycles. The number of anilines is 1. The number of rotatable bonds is 4. The smallest absolute Gasteiger partial charge is 0.362 e. The summed E-state index contributed by atoms with van der Waals surface area (Å²) >= 11 is 15.5. The molecule has 1 aliphatic heterocycles. The van der Waals surface area contributed by atoms with Gasteiger partial charge in [-0.2, -0.15) is 18.3 Å². The largest absolute Gasteiger partial charge is 0.410 e. The lowest BCUT2D eigenvalue weighted by Gasteiger charge is -2.33. The Morgan fingerprint density at radius 1 is 1.16 bits per heavy atom. The van der Waals surface area contributed by atoms with Crippen LogP contribution in [0.3, 0.4) is 0 Å². The van der Waals surface area contributed by atoms with Crippen LogP contribution in [0.4, 0.5) is 19.0 Å². The molecule has 0 aliphatic carbocycles. The van der Waals surface area contributed by atoms with Gasteiger partial charge in [0, 0.05) is 22.5 Å². The Hall–Kier alpha value is -2.23. The van der Waals surface area contributed by atoms with E-state index in [4.69, 9.17) is 23.2 Å². The third-order valence-electron chi connectivity index (χ3n) is 5.15. The molecule has 0 spiro atoms. The minimum atomic E-state index is -4.57. The van der Waals surface area contributed by atoms with E-state index in [1.807, 2.05) is 0 Å². The van der Waals surface area contributed by atoms with Gasteiger partial charge in [-0.1, -0.05) is 63.4 Å². The normalized spacial score (nSPS) is 18.1. The average Bonchev–Trinajstić information content (AvgIpc) is 3.09. The molecule has 4 rings (SSSR count). The molecule has 3 aromatic rings. The lowest BCUT2D eigenvalue weighted by Crippen LogP contribution is -2.35. The van der Waals surface area contributed by atoms with Crippen LogP contribution >= 0.6 is 39.1 Å². The summed E-state index contributed by atoms with van der Waals surface area (Å²) < 4.78 is 43.2. The van der Waals surface area contributed by atoms with Crippen molar-refractivity contribution in [3.05, 3.63) is 79.9 Å². The van der Waals surface area contributed by atoms with E-state index < -0.39 is 24.2 Å². The fourth-order valence-corrected chi connectivity index (χ4v) is 4.17. The van der Waals surface area contributed by atoms with Gasteiger partial charge in [0.05, 0.1) is 6.04 Å². The summed E-state index contributed by atoms with van der Waals surface area (Å²) in [7, 11) is 0. The van der Waals surface area contributed by atoms with Crippen molar-refractivity contribution in [2.75, 3.05) is 5.32 Å². The molecule has 1 aromatic heterocycles. The van der Waals surface area contributed by atoms with Crippen LogP contribution in [0.5, 0.6) is 0 Å². The number of halogens is 6. The van der Waals surface area contributed by atoms with Crippen LogP contribution in [0.1, 0.15) is 40.1 Å². The SMILES string of the molecule is O=C(NCc1ccc(Cl)cc1)c1nn2c(c1Cl)N[C@@H](c1ccc(Br)cc1)C[C@H]2C(F)(F)F. The molecule has 2 heterocycles. The number of amides is 1. The first-order chi connectivity index (χ1) is 15.1. The van der Waals surface area contributed by atoms with Crippen LogP contribution in [0.25, 0.3) is 0 Å². The van der Waals surface area contributed by atoms with E-state index in [1.165, 1.54) is 0 Å². The molecular weight excluding hydrogens is 532 g/mol. The summed E-state index contributed by atoms with van der Waals surface area (Å²) in [5.74, 6) is -0.709. The molecule has 1 aliphatic rings. The monoisotopic (exact) mass is 546 g/mol. The van der Waals surface area contributed by atoms with E-state index in [1.54, 1.807) is 48.5 Å². The summed E-state index contributed by atoms with van der Waals surface area (Å²) in [6.07, 6.45) is -4.86. The van der Waals surface area contributed by atoms with Gasteiger partial charge in [-0.25, -0.2) is 4.68 Å². The number of benzene rings is 2. The first-order valence-corrected chi connectivity index (χ1v) is 11.1. The molecular formula is C21H16BrCl2F3N4O. The van der Waals surface area contributed by atoms with Crippen LogP contribution in [0.15, 0.2) is 53.0 Å². The quantitative estimate of drug-likeness (QED) is 0.390. The highest BCUT2D eigenvalue weighted by Gasteiger charge is 2.47. The maximum Gasteiger partial charge on any atom is 0.410 e. The Labute approximate surface area is 200 Å². The highest BCUT2D eigenvalue weighted by Crippen LogP contribution is 2.46. The fraction of sp³-hybridized carbons (Fsp3) is 0.238. The van der Waals surface area contributed by atoms with Crippen molar-refractivity contribution in [3.63, 3.8) is 0 Å². The summed E-state index contributed by atoms with van der Waals surface area (Å²) in [5.41, 5.74) is 1.16. The second-order valence-electron chi connectivity index (χ2n) is 7.31. The first kappa shape index (κ1) is 22.9. The minimum absolute atomic E-state index is 0.0372. The van der Waals surface area contributed by atoms with Crippen molar-refractivity contribution in [1.29, 1.82) is 0 Å². The van der Waals surface area contributed by atoms with Gasteiger partial charge in [-0.05, 0) is 35.4 Å². The predicted octanol–water partition coefficient (Wildman–Crippen LogP) is 6.54. The molecule has 5 nitrogen and oxygen atoms in total. The molecule has 0 unspecified atom stereocenters. The van der Waals surface area contributed by atoms with Crippen molar-refractivity contribution in [3.8, 4) is 0 Å². The number of nitrogens with zero attached hydrogens (tertiary/aromatic N) is 2. The maximum absolute atomic E-state index is 13.9. The van der Waals surface area contributed by atoms with Crippen LogP contribution < -0.4 is 10.6 Å². The number of nitrogens with one attached hydrogen (secondary N) is 2. The highest BCUT2D eigenvalue weighted by atomic mass is 79.9. The first-order valence-electron chi connectivity index (χ1n) is 9.53. The zero-order valence-corrected chi connectivity index (χ0v) is 19.4. The molecule has 0 radical (unpaired) electrons. The average molecular weight is 548 g/mol. The predicted molar refractivity (Wildman–Crippen MR) is 120 cm³/mol. The van der Waals surface area contributed by atoms with E-state index in [0.29, 0.717) is 10.6 Å². The van der Waals surface area contributed by atoms with Gasteiger partial charge in [-0.3, -0.25) is 4.79 Å². The van der Waals surface area contributed by atoms with Gasteiger partial charge >= 0.3 is 6.18 Å². The Bertz CT molecular complexity index is 1130. The van der Waals surface area contributed by atoms with Crippen LogP contribution in [-0.2, 0) is 6.54 Å². The molecule has 0 saturated carbocycles. The van der Waals surface area contributed by atoms with Crippen LogP contribution in [0.2, 0.25) is 10.0 Å². The van der Waals surface area contributed by atoms with Crippen molar-refractivity contribution in [2.24, 2.45) is 0 Å². The van der Waals surface area contributed by atoms with E-state index in [-0.39, 0.29) is 29.5 Å². The van der Waals surface area contributed by atoms with Gasteiger partial charge in [0.2, 0.25) is 0 Å². The minimum Gasteiger partial charge on any atom is -0.362 e. The summed E-state index contributed by atoms with van der Waals surface area (Å²) in [6, 6.07) is 11.2. The summed E-state index contributed by atoms with van der Waals surface area (Å²) in [5, 5.41) is 9.97. The third-order valence-corrected chi connectivity index (χ3v) is 6.29. The number of carbonyl (C=O) groups is 1. The maximum atomic E-state index is 13.9. The number of hydrogen-bond acceptors (Lipinski definition) is 3. The fourth-order valence-electron chi connectivity index (χ4n) is 3.52. The molecule has 2 N–H and O–H groups in total. The Balaban J connectivity index is 1.62. The molecule has 0 saturated heterocycles. The molecule has 11 heteroatoms. The van der Waals surface area contributed by atoms with E-state index in [9.17, 15) is 18.0 Å². The number of fused-ring (bicyclic) bond motifs is 1. The van der Waals surface area contributed by atoms with Gasteiger partial charge < -0.3 is 10.6 Å². The molecule has 1 amide bonds. The van der Waals surface area contributed by atoms with Crippen molar-refractivity contribution < 1.29 is 18.0 Å². The zero-order valence-electron chi connectivity index (χ0n) is 16.3. The van der Waals surface area contributed by atoms with Gasteiger partial charge in [0.15, 0.2) is 11.7 Å². The summed E-state index contributed by atoms with van der Waals surface area (Å²) in [6.45, 7) is 0.145. The van der Waals surface area contributed by atoms with Gasteiger partial charge in [0.1, 0.15) is 10.8 Å². The van der Waals surface area contributed by atoms with E-state index >= 15 is 0 Å². The summed E-state index contributed by atoms with van der Waals surface area (Å²) in [4.78, 5) is 12.7. The van der Waals surface area contributed by atoms with E-state index in [0.717, 1.165) is 14.7 Å². The molecule has 32 heavy (non-hydrogen) atoms. The van der Waals surface area contributed by atoms with Crippen LogP contribution in [0, 0.1) is 0 Å². The second kappa shape index (κ2) is 8.96. The van der Waals surface area contributed by atoms with Crippen molar-refractivity contribution in [2.45, 2.75) is 31.2 Å². The number of carbonyl (C=O) groups excluding carboxylic acids is 1. The Morgan fingerprint density at radius 2 is 1.81 bits per heavy atom. The zero-order chi connectivity index (χ0) is 23.0. The Morgan fingerprint density at radius 3 is 2.44 bits per heavy atom. The molecule has 168 valence electrons. The van der Waals surface area contributed by atoms with Crippen LogP contribution in [-0.4, -0.2) is 21.9 Å². The molecule has 0 fully saturated rings. The Kier molecular flexibility index (Phi) is 6.42. The van der Waals surface area contributed by atoms with Crippen molar-refractivity contribution in [1.82, 2.24) is 15.1 Å².